The van der Waals surface area contributed by atoms with Crippen LogP contribution in [-0.4, -0.2) is 16.2 Å². The summed E-state index contributed by atoms with van der Waals surface area (Å²) in [5.74, 6) is 0.0784. The van der Waals surface area contributed by atoms with Gasteiger partial charge in [0.15, 0.2) is 6.10 Å². The molecule has 0 aliphatic carbocycles. The molecule has 7 heteroatoms. The van der Waals surface area contributed by atoms with Crippen molar-refractivity contribution in [3.63, 3.8) is 0 Å². The van der Waals surface area contributed by atoms with Crippen LogP contribution >= 0.6 is 11.3 Å². The maximum atomic E-state index is 12.9. The number of hydrogen-bond acceptors (Lipinski definition) is 7. The van der Waals surface area contributed by atoms with Gasteiger partial charge in [-0.05, 0) is 36.1 Å². The Balaban J connectivity index is 1.59. The van der Waals surface area contributed by atoms with Crippen LogP contribution < -0.4 is 0 Å². The van der Waals surface area contributed by atoms with Crippen LogP contribution in [0.4, 0.5) is 0 Å². The van der Waals surface area contributed by atoms with Crippen molar-refractivity contribution < 1.29 is 13.9 Å². The van der Waals surface area contributed by atoms with Crippen LogP contribution in [0.3, 0.4) is 0 Å². The molecule has 0 bridgehead atoms. The third-order valence-corrected chi connectivity index (χ3v) is 5.15. The SMILES string of the molecule is C[C@@H](OC(=O)c1ccccc1-c1ccccc1C#N)c1nnc(-c2cccs2)o1. The highest BCUT2D eigenvalue weighted by atomic mass is 32.1. The second kappa shape index (κ2) is 8.09. The highest BCUT2D eigenvalue weighted by molar-refractivity contribution is 7.13. The van der Waals surface area contributed by atoms with Gasteiger partial charge in [0.25, 0.3) is 11.8 Å². The lowest BCUT2D eigenvalue weighted by atomic mass is 9.96. The average molecular weight is 401 g/mol. The Hall–Kier alpha value is -3.76. The van der Waals surface area contributed by atoms with Gasteiger partial charge in [0.1, 0.15) is 0 Å². The molecule has 6 nitrogen and oxygen atoms in total. The van der Waals surface area contributed by atoms with Crippen molar-refractivity contribution in [3.05, 3.63) is 83.1 Å². The molecule has 0 N–H and O–H groups in total. The molecule has 2 heterocycles. The van der Waals surface area contributed by atoms with Gasteiger partial charge in [-0.3, -0.25) is 0 Å². The first-order valence-electron chi connectivity index (χ1n) is 8.84. The van der Waals surface area contributed by atoms with Crippen LogP contribution in [0.2, 0.25) is 0 Å². The highest BCUT2D eigenvalue weighted by Gasteiger charge is 2.22. The zero-order chi connectivity index (χ0) is 20.2. The van der Waals surface area contributed by atoms with Crippen molar-refractivity contribution in [2.24, 2.45) is 0 Å². The topological polar surface area (TPSA) is 89.0 Å². The number of aromatic nitrogens is 2. The van der Waals surface area contributed by atoms with Crippen molar-refractivity contribution in [2.45, 2.75) is 13.0 Å². The van der Waals surface area contributed by atoms with E-state index in [-0.39, 0.29) is 5.89 Å². The monoisotopic (exact) mass is 401 g/mol. The molecule has 29 heavy (non-hydrogen) atoms. The van der Waals surface area contributed by atoms with E-state index in [4.69, 9.17) is 9.15 Å². The van der Waals surface area contributed by atoms with Crippen molar-refractivity contribution in [2.75, 3.05) is 0 Å². The number of carbonyl (C=O) groups is 1. The van der Waals surface area contributed by atoms with Crippen molar-refractivity contribution in [3.8, 4) is 28.0 Å². The zero-order valence-electron chi connectivity index (χ0n) is 15.4. The fourth-order valence-corrected chi connectivity index (χ4v) is 3.53. The predicted molar refractivity (Wildman–Crippen MR) is 108 cm³/mol. The lowest BCUT2D eigenvalue weighted by Crippen LogP contribution is -2.11. The van der Waals surface area contributed by atoms with Gasteiger partial charge in [-0.25, -0.2) is 4.79 Å². The first-order chi connectivity index (χ1) is 14.2. The number of thiophene rings is 1. The van der Waals surface area contributed by atoms with Crippen molar-refractivity contribution >= 4 is 17.3 Å². The summed E-state index contributed by atoms with van der Waals surface area (Å²) in [5, 5.41) is 19.3. The van der Waals surface area contributed by atoms with Gasteiger partial charge in [-0.15, -0.1) is 21.5 Å². The van der Waals surface area contributed by atoms with E-state index in [2.05, 4.69) is 16.3 Å². The van der Waals surface area contributed by atoms with Crippen LogP contribution in [0.1, 0.15) is 34.8 Å². The molecule has 0 radical (unpaired) electrons. The standard InChI is InChI=1S/C22H15N3O3S/c1-14(20-24-25-21(28-20)19-11-6-12-29-19)27-22(26)18-10-5-4-9-17(18)16-8-3-2-7-15(16)13-23/h2-12,14H,1H3/t14-/m1/s1. The summed E-state index contributed by atoms with van der Waals surface area (Å²) >= 11 is 1.48. The summed E-state index contributed by atoms with van der Waals surface area (Å²) in [5.41, 5.74) is 2.15. The molecule has 4 rings (SSSR count). The number of benzene rings is 2. The molecule has 0 unspecified atom stereocenters. The Bertz CT molecular complexity index is 1190. The minimum atomic E-state index is -0.719. The smallest absolute Gasteiger partial charge is 0.339 e. The summed E-state index contributed by atoms with van der Waals surface area (Å²) in [6, 6.07) is 20.1. The number of ether oxygens (including phenoxy) is 1. The predicted octanol–water partition coefficient (Wildman–Crippen LogP) is 5.25. The zero-order valence-corrected chi connectivity index (χ0v) is 16.2. The van der Waals surface area contributed by atoms with Gasteiger partial charge in [-0.1, -0.05) is 42.5 Å². The molecule has 0 saturated carbocycles. The molecule has 0 aliphatic rings. The van der Waals surface area contributed by atoms with Crippen LogP contribution in [-0.2, 0) is 4.74 Å². The summed E-state index contributed by atoms with van der Waals surface area (Å²) in [7, 11) is 0. The van der Waals surface area contributed by atoms with E-state index in [0.717, 1.165) is 4.88 Å². The molecule has 2 aromatic heterocycles. The molecule has 0 aliphatic heterocycles. The maximum Gasteiger partial charge on any atom is 0.339 e. The van der Waals surface area contributed by atoms with Crippen LogP contribution in [0.15, 0.2) is 70.5 Å². The molecule has 142 valence electrons. The minimum absolute atomic E-state index is 0.219. The number of nitriles is 1. The Morgan fingerprint density at radius 3 is 2.59 bits per heavy atom. The average Bonchev–Trinajstić information content (AvgIpc) is 3.45. The highest BCUT2D eigenvalue weighted by Crippen LogP contribution is 2.30. The maximum absolute atomic E-state index is 12.9. The molecule has 4 aromatic rings. The molecular formula is C22H15N3O3S. The van der Waals surface area contributed by atoms with E-state index in [0.29, 0.717) is 28.1 Å². The van der Waals surface area contributed by atoms with Crippen LogP contribution in [0, 0.1) is 11.3 Å². The van der Waals surface area contributed by atoms with E-state index in [1.54, 1.807) is 43.3 Å². The Morgan fingerprint density at radius 1 is 1.07 bits per heavy atom. The summed E-state index contributed by atoms with van der Waals surface area (Å²) < 4.78 is 11.2. The molecule has 0 saturated heterocycles. The quantitative estimate of drug-likeness (QED) is 0.424. The van der Waals surface area contributed by atoms with E-state index in [1.807, 2.05) is 29.6 Å². The van der Waals surface area contributed by atoms with Gasteiger partial charge < -0.3 is 9.15 Å². The summed E-state index contributed by atoms with van der Waals surface area (Å²) in [4.78, 5) is 13.7. The van der Waals surface area contributed by atoms with Gasteiger partial charge >= 0.3 is 5.97 Å². The number of hydrogen-bond donors (Lipinski definition) is 0. The summed E-state index contributed by atoms with van der Waals surface area (Å²) in [6.07, 6.45) is -0.719. The van der Waals surface area contributed by atoms with E-state index in [1.165, 1.54) is 11.3 Å². The van der Waals surface area contributed by atoms with Gasteiger partial charge in [0.2, 0.25) is 0 Å². The number of carbonyl (C=O) groups excluding carboxylic acids is 1. The van der Waals surface area contributed by atoms with Gasteiger partial charge in [0, 0.05) is 5.56 Å². The Morgan fingerprint density at radius 2 is 1.83 bits per heavy atom. The van der Waals surface area contributed by atoms with E-state index >= 15 is 0 Å². The van der Waals surface area contributed by atoms with Gasteiger partial charge in [0.05, 0.1) is 22.1 Å². The number of esters is 1. The molecule has 0 amide bonds. The van der Waals surface area contributed by atoms with E-state index in [9.17, 15) is 10.1 Å². The first kappa shape index (κ1) is 18.6. The second-order valence-electron chi connectivity index (χ2n) is 6.17. The van der Waals surface area contributed by atoms with Crippen molar-refractivity contribution in [1.82, 2.24) is 10.2 Å². The molecular weight excluding hydrogens is 386 g/mol. The molecule has 0 fully saturated rings. The van der Waals surface area contributed by atoms with Gasteiger partial charge in [-0.2, -0.15) is 5.26 Å². The molecule has 1 atom stereocenters. The number of nitrogens with zero attached hydrogens (tertiary/aromatic N) is 3. The number of rotatable bonds is 5. The summed E-state index contributed by atoms with van der Waals surface area (Å²) in [6.45, 7) is 1.68. The van der Waals surface area contributed by atoms with Crippen LogP contribution in [0.5, 0.6) is 0 Å². The fourth-order valence-electron chi connectivity index (χ4n) is 2.88. The Kier molecular flexibility index (Phi) is 5.18. The lowest BCUT2D eigenvalue weighted by molar-refractivity contribution is 0.0281. The third kappa shape index (κ3) is 3.79. The lowest BCUT2D eigenvalue weighted by Gasteiger charge is -2.13. The van der Waals surface area contributed by atoms with Crippen molar-refractivity contribution in [1.29, 1.82) is 5.26 Å². The fraction of sp³-hybridized carbons (Fsp3) is 0.0909. The second-order valence-corrected chi connectivity index (χ2v) is 7.12. The third-order valence-electron chi connectivity index (χ3n) is 4.29. The first-order valence-corrected chi connectivity index (χ1v) is 9.72. The van der Waals surface area contributed by atoms with Crippen LogP contribution in [0.25, 0.3) is 21.9 Å². The van der Waals surface area contributed by atoms with E-state index < -0.39 is 12.1 Å². The largest absolute Gasteiger partial charge is 0.449 e. The Labute approximate surface area is 171 Å². The molecule has 0 spiro atoms. The minimum Gasteiger partial charge on any atom is -0.449 e. The molecule has 2 aromatic carbocycles. The normalized spacial score (nSPS) is 11.6.